The van der Waals surface area contributed by atoms with Gasteiger partial charge in [0.05, 0.1) is 49.5 Å². The van der Waals surface area contributed by atoms with Gasteiger partial charge < -0.3 is 14.0 Å². The molecule has 1 aliphatic heterocycles. The molecule has 10 aromatic rings. The van der Waals surface area contributed by atoms with Gasteiger partial charge in [-0.2, -0.15) is 0 Å². The third kappa shape index (κ3) is 3.02. The predicted octanol–water partition coefficient (Wildman–Crippen LogP) is 12.0. The summed E-state index contributed by atoms with van der Waals surface area (Å²) in [7, 11) is 0. The number of hydrogen-bond donors (Lipinski definition) is 0. The molecule has 0 aliphatic carbocycles. The lowest BCUT2D eigenvalue weighted by molar-refractivity contribution is 1.11. The SMILES string of the molecule is c1ccc(N2c3ccccc3-n3c4ccc5c(c6ccccc6n5-c5cccc6c5sc5ccccc56)c4c4cccc2c43)cc1. The third-order valence-corrected chi connectivity index (χ3v) is 11.0. The molecule has 0 amide bonds. The Morgan fingerprint density at radius 3 is 1.85 bits per heavy atom. The lowest BCUT2D eigenvalue weighted by atomic mass is 10.0. The largest absolute Gasteiger partial charge is 0.308 e. The highest BCUT2D eigenvalue weighted by molar-refractivity contribution is 7.26. The second-order valence-corrected chi connectivity index (χ2v) is 13.2. The number of anilines is 3. The normalized spacial score (nSPS) is 12.7. The molecular formula is C42H25N3S. The highest BCUT2D eigenvalue weighted by atomic mass is 32.1. The Kier molecular flexibility index (Phi) is 4.72. The molecule has 4 heterocycles. The lowest BCUT2D eigenvalue weighted by Crippen LogP contribution is -2.17. The first-order valence-electron chi connectivity index (χ1n) is 15.7. The molecule has 11 rings (SSSR count). The van der Waals surface area contributed by atoms with Gasteiger partial charge in [-0.1, -0.05) is 91.0 Å². The quantitative estimate of drug-likeness (QED) is 0.192. The second kappa shape index (κ2) is 8.87. The smallest absolute Gasteiger partial charge is 0.0783 e. The van der Waals surface area contributed by atoms with Crippen molar-refractivity contribution in [3.05, 3.63) is 152 Å². The summed E-state index contributed by atoms with van der Waals surface area (Å²) < 4.78 is 7.64. The van der Waals surface area contributed by atoms with Crippen LogP contribution in [0.5, 0.6) is 0 Å². The Morgan fingerprint density at radius 1 is 0.370 bits per heavy atom. The first-order chi connectivity index (χ1) is 22.9. The zero-order valence-corrected chi connectivity index (χ0v) is 25.5. The van der Waals surface area contributed by atoms with Crippen LogP contribution in [0.4, 0.5) is 17.1 Å². The van der Waals surface area contributed by atoms with E-state index in [0.717, 1.165) is 5.69 Å². The Hall–Kier alpha value is -5.84. The number of nitrogens with zero attached hydrogens (tertiary/aromatic N) is 3. The highest BCUT2D eigenvalue weighted by Gasteiger charge is 2.30. The van der Waals surface area contributed by atoms with E-state index in [1.165, 1.54) is 86.5 Å². The van der Waals surface area contributed by atoms with E-state index < -0.39 is 0 Å². The average Bonchev–Trinajstić information content (AvgIpc) is 3.77. The molecule has 1 aliphatic rings. The molecule has 3 nitrogen and oxygen atoms in total. The van der Waals surface area contributed by atoms with Crippen molar-refractivity contribution in [3.63, 3.8) is 0 Å². The Bertz CT molecular complexity index is 2870. The summed E-state index contributed by atoms with van der Waals surface area (Å²) in [6, 6.07) is 55.5. The molecule has 4 heteroatoms. The van der Waals surface area contributed by atoms with Crippen molar-refractivity contribution in [1.82, 2.24) is 9.13 Å². The first-order valence-corrected chi connectivity index (χ1v) is 16.5. The van der Waals surface area contributed by atoms with Crippen LogP contribution in [0.3, 0.4) is 0 Å². The van der Waals surface area contributed by atoms with Crippen LogP contribution in [0.25, 0.3) is 75.2 Å². The van der Waals surface area contributed by atoms with Crippen LogP contribution >= 0.6 is 11.3 Å². The third-order valence-electron chi connectivity index (χ3n) is 9.81. The monoisotopic (exact) mass is 603 g/mol. The highest BCUT2D eigenvalue weighted by Crippen LogP contribution is 2.51. The molecular weight excluding hydrogens is 579 g/mol. The number of hydrogen-bond acceptors (Lipinski definition) is 2. The Labute approximate surface area is 268 Å². The lowest BCUT2D eigenvalue weighted by Gasteiger charge is -2.33. The summed E-state index contributed by atoms with van der Waals surface area (Å²) in [6.07, 6.45) is 0. The number of benzene rings is 7. The molecule has 7 aromatic carbocycles. The predicted molar refractivity (Wildman–Crippen MR) is 196 cm³/mol. The minimum atomic E-state index is 1.16. The van der Waals surface area contributed by atoms with Gasteiger partial charge in [0.1, 0.15) is 0 Å². The average molecular weight is 604 g/mol. The van der Waals surface area contributed by atoms with Crippen molar-refractivity contribution in [1.29, 1.82) is 0 Å². The fourth-order valence-corrected chi connectivity index (χ4v) is 9.23. The summed E-state index contributed by atoms with van der Waals surface area (Å²) in [4.78, 5) is 2.42. The number of fused-ring (bicyclic) bond motifs is 12. The molecule has 46 heavy (non-hydrogen) atoms. The van der Waals surface area contributed by atoms with Crippen molar-refractivity contribution in [2.24, 2.45) is 0 Å². The van der Waals surface area contributed by atoms with E-state index in [9.17, 15) is 0 Å². The van der Waals surface area contributed by atoms with E-state index in [1.54, 1.807) is 0 Å². The Balaban J connectivity index is 1.31. The molecule has 0 atom stereocenters. The number of para-hydroxylation sites is 5. The van der Waals surface area contributed by atoms with Crippen molar-refractivity contribution >= 4 is 92.2 Å². The van der Waals surface area contributed by atoms with Gasteiger partial charge in [0, 0.05) is 42.7 Å². The summed E-state index contributed by atoms with van der Waals surface area (Å²) in [5.74, 6) is 0. The Morgan fingerprint density at radius 2 is 0.978 bits per heavy atom. The fraction of sp³-hybridized carbons (Fsp3) is 0. The molecule has 214 valence electrons. The molecule has 0 fully saturated rings. The van der Waals surface area contributed by atoms with Gasteiger partial charge >= 0.3 is 0 Å². The minimum absolute atomic E-state index is 1.16. The van der Waals surface area contributed by atoms with Crippen LogP contribution in [0.1, 0.15) is 0 Å². The van der Waals surface area contributed by atoms with Crippen LogP contribution in [0, 0.1) is 0 Å². The second-order valence-electron chi connectivity index (χ2n) is 12.1. The van der Waals surface area contributed by atoms with Crippen molar-refractivity contribution in [2.45, 2.75) is 0 Å². The van der Waals surface area contributed by atoms with Gasteiger partial charge in [-0.15, -0.1) is 11.3 Å². The molecule has 0 bridgehead atoms. The molecule has 0 unspecified atom stereocenters. The molecule has 0 saturated carbocycles. The zero-order chi connectivity index (χ0) is 29.9. The van der Waals surface area contributed by atoms with E-state index in [-0.39, 0.29) is 0 Å². The molecule has 3 aromatic heterocycles. The maximum Gasteiger partial charge on any atom is 0.0783 e. The van der Waals surface area contributed by atoms with Crippen LogP contribution in [-0.4, -0.2) is 9.13 Å². The van der Waals surface area contributed by atoms with Crippen LogP contribution < -0.4 is 4.90 Å². The maximum atomic E-state index is 2.50. The van der Waals surface area contributed by atoms with E-state index in [2.05, 4.69) is 166 Å². The van der Waals surface area contributed by atoms with Gasteiger partial charge in [0.2, 0.25) is 0 Å². The van der Waals surface area contributed by atoms with Gasteiger partial charge in [0.25, 0.3) is 0 Å². The molecule has 0 spiro atoms. The standard InChI is InChI=1S/C42H25N3S/c1-2-12-26(13-3-1)43-32-19-7-8-20-33(32)45-35-25-24-34-39(40(35)30-17-11-21-36(43)41(30)45)29-15-4-6-18-31(29)44(34)37-22-10-16-28-27-14-5-9-23-38(27)46-42(28)37/h1-25H. The minimum Gasteiger partial charge on any atom is -0.308 e. The van der Waals surface area contributed by atoms with Crippen LogP contribution in [-0.2, 0) is 0 Å². The van der Waals surface area contributed by atoms with Crippen LogP contribution in [0.2, 0.25) is 0 Å². The molecule has 0 N–H and O–H groups in total. The number of rotatable bonds is 2. The van der Waals surface area contributed by atoms with E-state index in [4.69, 9.17) is 0 Å². The summed E-state index contributed by atoms with van der Waals surface area (Å²) in [5, 5.41) is 7.79. The van der Waals surface area contributed by atoms with E-state index >= 15 is 0 Å². The fourth-order valence-electron chi connectivity index (χ4n) is 8.02. The molecule has 0 saturated heterocycles. The van der Waals surface area contributed by atoms with Crippen molar-refractivity contribution in [2.75, 3.05) is 4.90 Å². The summed E-state index contributed by atoms with van der Waals surface area (Å²) in [6.45, 7) is 0. The maximum absolute atomic E-state index is 2.50. The van der Waals surface area contributed by atoms with Gasteiger partial charge in [0.15, 0.2) is 0 Å². The zero-order valence-electron chi connectivity index (χ0n) is 24.7. The first kappa shape index (κ1) is 24.5. The van der Waals surface area contributed by atoms with E-state index in [1.807, 2.05) is 11.3 Å². The topological polar surface area (TPSA) is 13.1 Å². The van der Waals surface area contributed by atoms with Crippen molar-refractivity contribution < 1.29 is 0 Å². The van der Waals surface area contributed by atoms with E-state index in [0.29, 0.717) is 0 Å². The summed E-state index contributed by atoms with van der Waals surface area (Å²) in [5.41, 5.74) is 10.9. The number of thiophene rings is 1. The molecule has 0 radical (unpaired) electrons. The van der Waals surface area contributed by atoms with Gasteiger partial charge in [-0.3, -0.25) is 0 Å². The van der Waals surface area contributed by atoms with Gasteiger partial charge in [-0.25, -0.2) is 0 Å². The van der Waals surface area contributed by atoms with Gasteiger partial charge in [-0.05, 0) is 60.7 Å². The number of aromatic nitrogens is 2. The van der Waals surface area contributed by atoms with Crippen LogP contribution in [0.15, 0.2) is 152 Å². The van der Waals surface area contributed by atoms with Crippen molar-refractivity contribution in [3.8, 4) is 11.4 Å². The summed E-state index contributed by atoms with van der Waals surface area (Å²) >= 11 is 1.89.